The lowest BCUT2D eigenvalue weighted by molar-refractivity contribution is -0.140. The highest BCUT2D eigenvalue weighted by Crippen LogP contribution is 2.40. The number of carbonyl (C=O) groups excluding carboxylic acids is 1. The Morgan fingerprint density at radius 3 is 2.32 bits per heavy atom. The van der Waals surface area contributed by atoms with Crippen LogP contribution in [0.3, 0.4) is 0 Å². The molecular weight excluding hydrogens is 242 g/mol. The average Bonchev–Trinajstić information content (AvgIpc) is 2.61. The van der Waals surface area contributed by atoms with Crippen LogP contribution in [-0.4, -0.2) is 34.0 Å². The molecule has 1 amide bonds. The van der Waals surface area contributed by atoms with Gasteiger partial charge < -0.3 is 10.0 Å². The summed E-state index contributed by atoms with van der Waals surface area (Å²) >= 11 is 0. The van der Waals surface area contributed by atoms with Gasteiger partial charge in [-0.25, -0.2) is 0 Å². The fourth-order valence-corrected chi connectivity index (χ4v) is 3.77. The number of nitrogens with zero attached hydrogens (tertiary/aromatic N) is 1. The SMILES string of the molecule is CCCCCC(=O)N1C2CCC1CC(CC(=O)O)C2. The lowest BCUT2D eigenvalue weighted by Crippen LogP contribution is -2.46. The zero-order valence-corrected chi connectivity index (χ0v) is 11.8. The first-order valence-electron chi connectivity index (χ1n) is 7.64. The molecule has 2 fully saturated rings. The maximum atomic E-state index is 12.3. The van der Waals surface area contributed by atoms with Crippen molar-refractivity contribution in [2.45, 2.75) is 76.8 Å². The number of rotatable bonds is 6. The monoisotopic (exact) mass is 267 g/mol. The number of hydrogen-bond donors (Lipinski definition) is 1. The summed E-state index contributed by atoms with van der Waals surface area (Å²) in [6, 6.07) is 0.634. The van der Waals surface area contributed by atoms with Gasteiger partial charge >= 0.3 is 5.97 Å². The quantitative estimate of drug-likeness (QED) is 0.753. The zero-order chi connectivity index (χ0) is 13.8. The van der Waals surface area contributed by atoms with Crippen molar-refractivity contribution in [1.82, 2.24) is 4.90 Å². The van der Waals surface area contributed by atoms with E-state index in [4.69, 9.17) is 5.11 Å². The first-order valence-corrected chi connectivity index (χ1v) is 7.64. The third-order valence-electron chi connectivity index (χ3n) is 4.58. The topological polar surface area (TPSA) is 57.6 Å². The average molecular weight is 267 g/mol. The molecule has 2 saturated heterocycles. The van der Waals surface area contributed by atoms with E-state index in [1.807, 2.05) is 0 Å². The number of piperidine rings is 1. The van der Waals surface area contributed by atoms with Crippen LogP contribution in [-0.2, 0) is 9.59 Å². The van der Waals surface area contributed by atoms with E-state index >= 15 is 0 Å². The Balaban J connectivity index is 1.88. The summed E-state index contributed by atoms with van der Waals surface area (Å²) < 4.78 is 0. The van der Waals surface area contributed by atoms with Crippen molar-refractivity contribution in [2.75, 3.05) is 0 Å². The Morgan fingerprint density at radius 2 is 1.79 bits per heavy atom. The summed E-state index contributed by atoms with van der Waals surface area (Å²) in [6.07, 6.45) is 8.11. The van der Waals surface area contributed by atoms with E-state index in [0.29, 0.717) is 24.4 Å². The molecule has 4 heteroatoms. The molecule has 2 aliphatic rings. The van der Waals surface area contributed by atoms with Gasteiger partial charge in [0.25, 0.3) is 0 Å². The van der Waals surface area contributed by atoms with Gasteiger partial charge in [-0.2, -0.15) is 0 Å². The molecule has 1 N–H and O–H groups in total. The first kappa shape index (κ1) is 14.4. The number of aliphatic carboxylic acids is 1. The normalized spacial score (nSPS) is 29.5. The van der Waals surface area contributed by atoms with Gasteiger partial charge in [0.05, 0.1) is 0 Å². The van der Waals surface area contributed by atoms with E-state index < -0.39 is 5.97 Å². The minimum atomic E-state index is -0.702. The van der Waals surface area contributed by atoms with Gasteiger partial charge in [0.1, 0.15) is 0 Å². The van der Waals surface area contributed by atoms with Gasteiger partial charge in [-0.15, -0.1) is 0 Å². The highest BCUT2D eigenvalue weighted by Gasteiger charge is 2.42. The molecule has 0 spiro atoms. The van der Waals surface area contributed by atoms with Crippen molar-refractivity contribution in [3.8, 4) is 0 Å². The maximum absolute atomic E-state index is 12.3. The molecule has 4 nitrogen and oxygen atoms in total. The Morgan fingerprint density at radius 1 is 1.16 bits per heavy atom. The zero-order valence-electron chi connectivity index (χ0n) is 11.8. The van der Waals surface area contributed by atoms with Crippen LogP contribution in [0, 0.1) is 5.92 Å². The predicted octanol–water partition coefficient (Wildman–Crippen LogP) is 2.81. The summed E-state index contributed by atoms with van der Waals surface area (Å²) in [6.45, 7) is 2.14. The fourth-order valence-electron chi connectivity index (χ4n) is 3.77. The van der Waals surface area contributed by atoms with Crippen LogP contribution >= 0.6 is 0 Å². The second-order valence-corrected chi connectivity index (χ2v) is 6.08. The Labute approximate surface area is 115 Å². The van der Waals surface area contributed by atoms with Crippen LogP contribution in [0.25, 0.3) is 0 Å². The number of fused-ring (bicyclic) bond motifs is 2. The van der Waals surface area contributed by atoms with E-state index in [9.17, 15) is 9.59 Å². The van der Waals surface area contributed by atoms with Crippen molar-refractivity contribution in [1.29, 1.82) is 0 Å². The molecule has 108 valence electrons. The van der Waals surface area contributed by atoms with Crippen molar-refractivity contribution >= 4 is 11.9 Å². The molecule has 2 unspecified atom stereocenters. The molecule has 19 heavy (non-hydrogen) atoms. The van der Waals surface area contributed by atoms with Crippen LogP contribution in [0.15, 0.2) is 0 Å². The number of unbranched alkanes of at least 4 members (excludes halogenated alkanes) is 2. The van der Waals surface area contributed by atoms with E-state index in [2.05, 4.69) is 11.8 Å². The molecule has 2 atom stereocenters. The fraction of sp³-hybridized carbons (Fsp3) is 0.867. The summed E-state index contributed by atoms with van der Waals surface area (Å²) in [5.74, 6) is -0.128. The standard InChI is InChI=1S/C15H25NO3/c1-2-3-4-5-14(17)16-12-6-7-13(16)9-11(8-12)10-15(18)19/h11-13H,2-10H2,1H3,(H,18,19). The largest absolute Gasteiger partial charge is 0.481 e. The molecule has 0 aromatic rings. The summed E-state index contributed by atoms with van der Waals surface area (Å²) in [5.41, 5.74) is 0. The molecular formula is C15H25NO3. The molecule has 0 saturated carbocycles. The number of amides is 1. The molecule has 0 aromatic carbocycles. The van der Waals surface area contributed by atoms with Gasteiger partial charge in [0.2, 0.25) is 5.91 Å². The molecule has 2 heterocycles. The summed E-state index contributed by atoms with van der Waals surface area (Å²) in [4.78, 5) is 25.2. The molecule has 2 bridgehead atoms. The molecule has 0 aromatic heterocycles. The van der Waals surface area contributed by atoms with Crippen LogP contribution in [0.4, 0.5) is 0 Å². The molecule has 0 radical (unpaired) electrons. The van der Waals surface area contributed by atoms with Gasteiger partial charge in [0.15, 0.2) is 0 Å². The smallest absolute Gasteiger partial charge is 0.303 e. The Bertz CT molecular complexity index is 328. The summed E-state index contributed by atoms with van der Waals surface area (Å²) in [7, 11) is 0. The highest BCUT2D eigenvalue weighted by atomic mass is 16.4. The molecule has 2 rings (SSSR count). The molecule has 2 aliphatic heterocycles. The van der Waals surface area contributed by atoms with Crippen molar-refractivity contribution < 1.29 is 14.7 Å². The van der Waals surface area contributed by atoms with E-state index in [1.165, 1.54) is 0 Å². The van der Waals surface area contributed by atoms with Crippen LogP contribution < -0.4 is 0 Å². The van der Waals surface area contributed by atoms with Crippen LogP contribution in [0.5, 0.6) is 0 Å². The van der Waals surface area contributed by atoms with Gasteiger partial charge in [-0.05, 0) is 38.0 Å². The maximum Gasteiger partial charge on any atom is 0.303 e. The van der Waals surface area contributed by atoms with Crippen LogP contribution in [0.1, 0.15) is 64.7 Å². The van der Waals surface area contributed by atoms with Crippen molar-refractivity contribution in [3.63, 3.8) is 0 Å². The van der Waals surface area contributed by atoms with E-state index in [-0.39, 0.29) is 12.3 Å². The Kier molecular flexibility index (Phi) is 4.83. The van der Waals surface area contributed by atoms with E-state index in [0.717, 1.165) is 44.9 Å². The molecule has 0 aliphatic carbocycles. The second kappa shape index (κ2) is 6.40. The number of hydrogen-bond acceptors (Lipinski definition) is 2. The van der Waals surface area contributed by atoms with Gasteiger partial charge in [-0.3, -0.25) is 9.59 Å². The van der Waals surface area contributed by atoms with E-state index in [1.54, 1.807) is 0 Å². The van der Waals surface area contributed by atoms with Crippen molar-refractivity contribution in [2.24, 2.45) is 5.92 Å². The lowest BCUT2D eigenvalue weighted by Gasteiger charge is -2.38. The second-order valence-electron chi connectivity index (χ2n) is 6.08. The van der Waals surface area contributed by atoms with Crippen molar-refractivity contribution in [3.05, 3.63) is 0 Å². The minimum absolute atomic E-state index is 0.269. The minimum Gasteiger partial charge on any atom is -0.481 e. The Hall–Kier alpha value is -1.06. The highest BCUT2D eigenvalue weighted by molar-refractivity contribution is 5.77. The van der Waals surface area contributed by atoms with Gasteiger partial charge in [0, 0.05) is 24.9 Å². The third-order valence-corrected chi connectivity index (χ3v) is 4.58. The lowest BCUT2D eigenvalue weighted by atomic mass is 9.88. The van der Waals surface area contributed by atoms with Gasteiger partial charge in [-0.1, -0.05) is 19.8 Å². The summed E-state index contributed by atoms with van der Waals surface area (Å²) in [5, 5.41) is 8.90. The number of carbonyl (C=O) groups is 2. The number of carboxylic acids is 1. The first-order chi connectivity index (χ1) is 9.11. The number of carboxylic acid groups (broad SMARTS) is 1. The predicted molar refractivity (Wildman–Crippen MR) is 72.8 cm³/mol. The third kappa shape index (κ3) is 3.48. The van der Waals surface area contributed by atoms with Crippen LogP contribution in [0.2, 0.25) is 0 Å².